The van der Waals surface area contributed by atoms with E-state index in [1.54, 1.807) is 10.9 Å². The molecule has 1 aliphatic rings. The summed E-state index contributed by atoms with van der Waals surface area (Å²) in [6.45, 7) is 0.230. The second-order valence-electron chi connectivity index (χ2n) is 6.06. The van der Waals surface area contributed by atoms with Gasteiger partial charge in [-0.25, -0.2) is 0 Å². The molecular formula is C17H22N4O3. The second kappa shape index (κ2) is 7.12. The minimum Gasteiger partial charge on any atom is -0.394 e. The molecule has 3 atom stereocenters. The fourth-order valence-corrected chi connectivity index (χ4v) is 2.97. The summed E-state index contributed by atoms with van der Waals surface area (Å²) in [6, 6.07) is 8.70. The molecule has 4 N–H and O–H groups in total. The van der Waals surface area contributed by atoms with Crippen molar-refractivity contribution in [3.8, 4) is 11.3 Å². The van der Waals surface area contributed by atoms with E-state index in [0.29, 0.717) is 13.0 Å². The fourth-order valence-electron chi connectivity index (χ4n) is 2.97. The smallest absolute Gasteiger partial charge is 0.237 e. The maximum absolute atomic E-state index is 12.2. The van der Waals surface area contributed by atoms with Crippen LogP contribution in [0.5, 0.6) is 0 Å². The van der Waals surface area contributed by atoms with Gasteiger partial charge in [0.05, 0.1) is 30.5 Å². The molecule has 2 aromatic rings. The van der Waals surface area contributed by atoms with Gasteiger partial charge in [-0.15, -0.1) is 0 Å². The van der Waals surface area contributed by atoms with Crippen LogP contribution in [0.4, 0.5) is 0 Å². The maximum atomic E-state index is 12.2. The van der Waals surface area contributed by atoms with E-state index in [1.807, 2.05) is 37.4 Å². The van der Waals surface area contributed by atoms with E-state index in [4.69, 9.17) is 0 Å². The molecule has 2 heterocycles. The van der Waals surface area contributed by atoms with Crippen LogP contribution in [-0.2, 0) is 11.8 Å². The van der Waals surface area contributed by atoms with Gasteiger partial charge in [-0.3, -0.25) is 9.48 Å². The predicted octanol–water partition coefficient (Wildman–Crippen LogP) is -0.0405. The van der Waals surface area contributed by atoms with Gasteiger partial charge in [-0.1, -0.05) is 24.3 Å². The molecule has 1 saturated heterocycles. The van der Waals surface area contributed by atoms with Gasteiger partial charge in [-0.05, 0) is 23.6 Å². The third-order valence-corrected chi connectivity index (χ3v) is 4.35. The van der Waals surface area contributed by atoms with Crippen LogP contribution in [0.1, 0.15) is 18.0 Å². The van der Waals surface area contributed by atoms with Crippen LogP contribution in [0.15, 0.2) is 36.5 Å². The van der Waals surface area contributed by atoms with Crippen LogP contribution in [0, 0.1) is 0 Å². The lowest BCUT2D eigenvalue weighted by Gasteiger charge is -2.19. The van der Waals surface area contributed by atoms with Gasteiger partial charge in [0.1, 0.15) is 0 Å². The molecule has 0 saturated carbocycles. The molecule has 0 aliphatic carbocycles. The number of carbonyl (C=O) groups is 1. The molecule has 24 heavy (non-hydrogen) atoms. The lowest BCUT2D eigenvalue weighted by atomic mass is 10.0. The Morgan fingerprint density at radius 3 is 2.71 bits per heavy atom. The van der Waals surface area contributed by atoms with E-state index in [2.05, 4.69) is 15.7 Å². The number of carbonyl (C=O) groups excluding carboxylic acids is 1. The van der Waals surface area contributed by atoms with Crippen molar-refractivity contribution in [3.05, 3.63) is 42.1 Å². The summed E-state index contributed by atoms with van der Waals surface area (Å²) < 4.78 is 1.79. The van der Waals surface area contributed by atoms with Crippen molar-refractivity contribution in [3.63, 3.8) is 0 Å². The maximum Gasteiger partial charge on any atom is 0.237 e. The Morgan fingerprint density at radius 1 is 1.42 bits per heavy atom. The zero-order valence-electron chi connectivity index (χ0n) is 13.5. The van der Waals surface area contributed by atoms with Gasteiger partial charge in [0, 0.05) is 19.8 Å². The Kier molecular flexibility index (Phi) is 4.94. The Hall–Kier alpha value is -2.22. The number of benzene rings is 1. The quantitative estimate of drug-likeness (QED) is 0.616. The van der Waals surface area contributed by atoms with Crippen LogP contribution in [0.3, 0.4) is 0 Å². The standard InChI is InChI=1S/C17H22N4O3/c1-21-16(6-7-19-21)12-4-2-11(3-5-12)15(10-22)20-17(24)14-8-13(23)9-18-14/h2-7,13-15,18,22-23H,8-10H2,1H3,(H,20,24)/t13-,14+,15+/m1/s1. The lowest BCUT2D eigenvalue weighted by molar-refractivity contribution is -0.124. The average molecular weight is 330 g/mol. The summed E-state index contributed by atoms with van der Waals surface area (Å²) in [7, 11) is 1.88. The molecule has 3 rings (SSSR count). The molecule has 1 amide bonds. The summed E-state index contributed by atoms with van der Waals surface area (Å²) in [5, 5.41) is 29.1. The van der Waals surface area contributed by atoms with Crippen LogP contribution in [0.2, 0.25) is 0 Å². The fraction of sp³-hybridized carbons (Fsp3) is 0.412. The number of aliphatic hydroxyl groups is 2. The summed E-state index contributed by atoms with van der Waals surface area (Å²) in [6.07, 6.45) is 1.64. The van der Waals surface area contributed by atoms with Gasteiger partial charge >= 0.3 is 0 Å². The Morgan fingerprint density at radius 2 is 2.17 bits per heavy atom. The topological polar surface area (TPSA) is 99.4 Å². The minimum absolute atomic E-state index is 0.188. The van der Waals surface area contributed by atoms with Gasteiger partial charge in [-0.2, -0.15) is 5.10 Å². The first-order valence-corrected chi connectivity index (χ1v) is 7.99. The van der Waals surface area contributed by atoms with Crippen LogP contribution in [0.25, 0.3) is 11.3 Å². The summed E-state index contributed by atoms with van der Waals surface area (Å²) in [4.78, 5) is 12.2. The Balaban J connectivity index is 1.69. The van der Waals surface area contributed by atoms with Crippen LogP contribution in [-0.4, -0.2) is 51.2 Å². The van der Waals surface area contributed by atoms with E-state index >= 15 is 0 Å². The number of nitrogens with zero attached hydrogens (tertiary/aromatic N) is 2. The molecule has 1 aromatic heterocycles. The molecule has 1 aliphatic heterocycles. The van der Waals surface area contributed by atoms with E-state index < -0.39 is 18.2 Å². The number of β-amino-alcohol motifs (C(OH)–C–C–N with tert-alkyl or cyclic N) is 1. The normalized spacial score (nSPS) is 21.6. The Bertz CT molecular complexity index is 698. The van der Waals surface area contributed by atoms with Gasteiger partial charge < -0.3 is 20.8 Å². The van der Waals surface area contributed by atoms with Crippen molar-refractivity contribution in [1.82, 2.24) is 20.4 Å². The molecule has 0 bridgehead atoms. The molecule has 0 radical (unpaired) electrons. The number of hydrogen-bond acceptors (Lipinski definition) is 5. The Labute approximate surface area is 140 Å². The largest absolute Gasteiger partial charge is 0.394 e. The summed E-state index contributed by atoms with van der Waals surface area (Å²) in [5.41, 5.74) is 2.84. The highest BCUT2D eigenvalue weighted by Gasteiger charge is 2.29. The molecule has 1 fully saturated rings. The highest BCUT2D eigenvalue weighted by molar-refractivity contribution is 5.82. The highest BCUT2D eigenvalue weighted by atomic mass is 16.3. The number of rotatable bonds is 5. The molecule has 0 spiro atoms. The number of hydrogen-bond donors (Lipinski definition) is 4. The average Bonchev–Trinajstić information content (AvgIpc) is 3.21. The predicted molar refractivity (Wildman–Crippen MR) is 89.0 cm³/mol. The van der Waals surface area contributed by atoms with E-state index in [0.717, 1.165) is 16.8 Å². The lowest BCUT2D eigenvalue weighted by Crippen LogP contribution is -2.42. The van der Waals surface area contributed by atoms with Crippen molar-refractivity contribution in [2.45, 2.75) is 24.6 Å². The monoisotopic (exact) mass is 330 g/mol. The first kappa shape index (κ1) is 16.6. The zero-order chi connectivity index (χ0) is 17.1. The highest BCUT2D eigenvalue weighted by Crippen LogP contribution is 2.21. The summed E-state index contributed by atoms with van der Waals surface area (Å²) >= 11 is 0. The van der Waals surface area contributed by atoms with Gasteiger partial charge in [0.25, 0.3) is 0 Å². The van der Waals surface area contributed by atoms with Crippen molar-refractivity contribution in [2.24, 2.45) is 7.05 Å². The number of amides is 1. The van der Waals surface area contributed by atoms with E-state index in [1.165, 1.54) is 0 Å². The number of nitrogens with one attached hydrogen (secondary N) is 2. The van der Waals surface area contributed by atoms with Crippen molar-refractivity contribution >= 4 is 5.91 Å². The van der Waals surface area contributed by atoms with Crippen molar-refractivity contribution in [1.29, 1.82) is 0 Å². The minimum atomic E-state index is -0.494. The molecule has 1 aromatic carbocycles. The first-order valence-electron chi connectivity index (χ1n) is 7.99. The SMILES string of the molecule is Cn1nccc1-c1ccc([C@H](CO)NC(=O)[C@@H]2C[C@@H](O)CN2)cc1. The molecule has 0 unspecified atom stereocenters. The van der Waals surface area contributed by atoms with Gasteiger partial charge in [0.15, 0.2) is 0 Å². The number of aromatic nitrogens is 2. The molecule has 128 valence electrons. The van der Waals surface area contributed by atoms with Crippen LogP contribution < -0.4 is 10.6 Å². The summed E-state index contributed by atoms with van der Waals surface area (Å²) in [5.74, 6) is -0.207. The number of aliphatic hydroxyl groups excluding tert-OH is 2. The van der Waals surface area contributed by atoms with Crippen molar-refractivity contribution < 1.29 is 15.0 Å². The first-order chi connectivity index (χ1) is 11.6. The van der Waals surface area contributed by atoms with Crippen molar-refractivity contribution in [2.75, 3.05) is 13.2 Å². The number of aryl methyl sites for hydroxylation is 1. The van der Waals surface area contributed by atoms with E-state index in [9.17, 15) is 15.0 Å². The third-order valence-electron chi connectivity index (χ3n) is 4.35. The van der Waals surface area contributed by atoms with Crippen LogP contribution >= 0.6 is 0 Å². The molecular weight excluding hydrogens is 308 g/mol. The van der Waals surface area contributed by atoms with Gasteiger partial charge in [0.2, 0.25) is 5.91 Å². The third kappa shape index (κ3) is 3.48. The zero-order valence-corrected chi connectivity index (χ0v) is 13.5. The molecule has 7 nitrogen and oxygen atoms in total. The molecule has 7 heteroatoms. The van der Waals surface area contributed by atoms with E-state index in [-0.39, 0.29) is 12.5 Å². The second-order valence-corrected chi connectivity index (χ2v) is 6.06.